The first-order valence-corrected chi connectivity index (χ1v) is 9.31. The van der Waals surface area contributed by atoms with Gasteiger partial charge in [-0.15, -0.1) is 0 Å². The molecule has 2 unspecified atom stereocenters. The van der Waals surface area contributed by atoms with Crippen LogP contribution in [0.2, 0.25) is 0 Å². The molecule has 0 radical (unpaired) electrons. The van der Waals surface area contributed by atoms with Crippen LogP contribution in [0.1, 0.15) is 13.8 Å². The largest absolute Gasteiger partial charge is 0.486 e. The normalized spacial score (nSPS) is 20.7. The predicted molar refractivity (Wildman–Crippen MR) is 104 cm³/mol. The molecule has 2 rings (SSSR count). The lowest BCUT2D eigenvalue weighted by Crippen LogP contribution is -2.55. The number of para-hydroxylation sites is 1. The highest BCUT2D eigenvalue weighted by Gasteiger charge is 2.22. The van der Waals surface area contributed by atoms with Crippen molar-refractivity contribution >= 4 is 5.96 Å². The number of nitrogens with zero attached hydrogens (tertiary/aromatic N) is 3. The van der Waals surface area contributed by atoms with Crippen molar-refractivity contribution in [2.45, 2.75) is 26.0 Å². The molecule has 1 aromatic rings. The summed E-state index contributed by atoms with van der Waals surface area (Å²) in [4.78, 5) is 9.31. The smallest absolute Gasteiger partial charge is 0.191 e. The highest BCUT2D eigenvalue weighted by Crippen LogP contribution is 2.17. The first-order valence-electron chi connectivity index (χ1n) is 9.31. The average Bonchev–Trinajstić information content (AvgIpc) is 2.62. The van der Waals surface area contributed by atoms with Gasteiger partial charge in [-0.2, -0.15) is 0 Å². The Bertz CT molecular complexity index is 583. The first kappa shape index (κ1) is 20.5. The van der Waals surface area contributed by atoms with Gasteiger partial charge < -0.3 is 20.3 Å². The van der Waals surface area contributed by atoms with Gasteiger partial charge >= 0.3 is 0 Å². The second kappa shape index (κ2) is 10.3. The van der Waals surface area contributed by atoms with Gasteiger partial charge in [0, 0.05) is 38.8 Å². The lowest BCUT2D eigenvalue weighted by molar-refractivity contribution is 0.116. The number of guanidine groups is 1. The summed E-state index contributed by atoms with van der Waals surface area (Å²) in [6.45, 7) is 9.21. The minimum absolute atomic E-state index is 0.217. The van der Waals surface area contributed by atoms with Crippen LogP contribution in [0.3, 0.4) is 0 Å². The standard InChI is InChI=1S/C19H32FN5O/c1-5-21-19(23-13-16-14-24(3)10-11-25(16)4)22-12-15(2)26-18-9-7-6-8-17(18)20/h6-9,15-16H,5,10-14H2,1-4H3,(H2,21,22,23). The summed E-state index contributed by atoms with van der Waals surface area (Å²) in [6, 6.07) is 6.89. The fourth-order valence-electron chi connectivity index (χ4n) is 2.89. The van der Waals surface area contributed by atoms with Gasteiger partial charge in [0.25, 0.3) is 0 Å². The van der Waals surface area contributed by atoms with E-state index < -0.39 is 0 Å². The zero-order chi connectivity index (χ0) is 18.9. The van der Waals surface area contributed by atoms with Crippen molar-refractivity contribution in [1.29, 1.82) is 0 Å². The van der Waals surface area contributed by atoms with Crippen molar-refractivity contribution in [3.8, 4) is 5.75 Å². The van der Waals surface area contributed by atoms with Crippen LogP contribution in [0.5, 0.6) is 5.75 Å². The van der Waals surface area contributed by atoms with Crippen molar-refractivity contribution < 1.29 is 9.13 Å². The highest BCUT2D eigenvalue weighted by molar-refractivity contribution is 5.79. The van der Waals surface area contributed by atoms with E-state index in [-0.39, 0.29) is 17.7 Å². The van der Waals surface area contributed by atoms with Gasteiger partial charge in [-0.1, -0.05) is 12.1 Å². The van der Waals surface area contributed by atoms with Crippen LogP contribution in [0.4, 0.5) is 4.39 Å². The summed E-state index contributed by atoms with van der Waals surface area (Å²) in [6.07, 6.45) is -0.217. The van der Waals surface area contributed by atoms with Gasteiger partial charge in [-0.05, 0) is 40.1 Å². The van der Waals surface area contributed by atoms with Crippen molar-refractivity contribution in [2.75, 3.05) is 53.4 Å². The minimum Gasteiger partial charge on any atom is -0.486 e. The number of ether oxygens (including phenoxy) is 1. The fourth-order valence-corrected chi connectivity index (χ4v) is 2.89. The molecule has 1 aliphatic rings. The molecule has 0 spiro atoms. The zero-order valence-corrected chi connectivity index (χ0v) is 16.3. The summed E-state index contributed by atoms with van der Waals surface area (Å²) < 4.78 is 19.3. The van der Waals surface area contributed by atoms with E-state index in [0.29, 0.717) is 12.6 Å². The first-order chi connectivity index (χ1) is 12.5. The van der Waals surface area contributed by atoms with Crippen LogP contribution >= 0.6 is 0 Å². The number of rotatable bonds is 7. The third kappa shape index (κ3) is 6.46. The molecule has 0 aliphatic carbocycles. The number of hydrogen-bond acceptors (Lipinski definition) is 4. The second-order valence-electron chi connectivity index (χ2n) is 6.86. The number of benzene rings is 1. The Balaban J connectivity index is 1.86. The summed E-state index contributed by atoms with van der Waals surface area (Å²) in [5.41, 5.74) is 0. The van der Waals surface area contributed by atoms with Crippen LogP contribution in [0.25, 0.3) is 0 Å². The quantitative estimate of drug-likeness (QED) is 0.565. The molecule has 0 amide bonds. The van der Waals surface area contributed by atoms with Crippen LogP contribution in [0.15, 0.2) is 29.3 Å². The summed E-state index contributed by atoms with van der Waals surface area (Å²) in [7, 11) is 4.31. The van der Waals surface area contributed by atoms with Gasteiger partial charge in [0.05, 0.1) is 6.54 Å². The van der Waals surface area contributed by atoms with E-state index >= 15 is 0 Å². The number of piperazine rings is 1. The van der Waals surface area contributed by atoms with E-state index in [9.17, 15) is 4.39 Å². The van der Waals surface area contributed by atoms with Crippen LogP contribution in [0, 0.1) is 5.82 Å². The lowest BCUT2D eigenvalue weighted by atomic mass is 10.2. The Morgan fingerprint density at radius 2 is 2.08 bits per heavy atom. The predicted octanol–water partition coefficient (Wildman–Crippen LogP) is 1.39. The second-order valence-corrected chi connectivity index (χ2v) is 6.86. The maximum atomic E-state index is 13.7. The SMILES string of the molecule is CCNC(=NCC(C)Oc1ccccc1F)NCC1CN(C)CCN1C. The number of likely N-dealkylation sites (N-methyl/N-ethyl adjacent to an activating group) is 2. The summed E-state index contributed by atoms with van der Waals surface area (Å²) >= 11 is 0. The molecule has 7 heteroatoms. The number of hydrogen-bond donors (Lipinski definition) is 2. The van der Waals surface area contributed by atoms with Gasteiger partial charge in [0.15, 0.2) is 17.5 Å². The molecule has 1 heterocycles. The molecule has 1 fully saturated rings. The van der Waals surface area contributed by atoms with E-state index in [1.165, 1.54) is 6.07 Å². The maximum Gasteiger partial charge on any atom is 0.191 e. The summed E-state index contributed by atoms with van der Waals surface area (Å²) in [5, 5.41) is 6.67. The molecule has 0 bridgehead atoms. The van der Waals surface area contributed by atoms with E-state index in [1.54, 1.807) is 18.2 Å². The number of aliphatic imine (C=N–C) groups is 1. The Kier molecular flexibility index (Phi) is 8.12. The molecule has 0 saturated carbocycles. The van der Waals surface area contributed by atoms with Gasteiger partial charge in [0.1, 0.15) is 6.10 Å². The molecule has 0 aromatic heterocycles. The van der Waals surface area contributed by atoms with E-state index in [1.807, 2.05) is 13.8 Å². The minimum atomic E-state index is -0.349. The topological polar surface area (TPSA) is 52.1 Å². The van der Waals surface area contributed by atoms with Crippen LogP contribution in [-0.2, 0) is 0 Å². The number of halogens is 1. The van der Waals surface area contributed by atoms with Crippen LogP contribution in [-0.4, -0.2) is 81.3 Å². The molecule has 1 aliphatic heterocycles. The Labute approximate surface area is 156 Å². The molecule has 1 saturated heterocycles. The molecule has 146 valence electrons. The number of nitrogens with one attached hydrogen (secondary N) is 2. The van der Waals surface area contributed by atoms with Crippen molar-refractivity contribution in [3.05, 3.63) is 30.1 Å². The third-order valence-electron chi connectivity index (χ3n) is 4.50. The Morgan fingerprint density at radius 1 is 1.31 bits per heavy atom. The van der Waals surface area contributed by atoms with Crippen LogP contribution < -0.4 is 15.4 Å². The highest BCUT2D eigenvalue weighted by atomic mass is 19.1. The molecular formula is C19H32FN5O. The van der Waals surface area contributed by atoms with E-state index in [2.05, 4.69) is 39.5 Å². The third-order valence-corrected chi connectivity index (χ3v) is 4.50. The molecule has 1 aromatic carbocycles. The van der Waals surface area contributed by atoms with Crippen molar-refractivity contribution in [2.24, 2.45) is 4.99 Å². The fraction of sp³-hybridized carbons (Fsp3) is 0.632. The van der Waals surface area contributed by atoms with Crippen molar-refractivity contribution in [1.82, 2.24) is 20.4 Å². The Hall–Kier alpha value is -1.86. The van der Waals surface area contributed by atoms with Gasteiger partial charge in [-0.3, -0.25) is 4.90 Å². The maximum absolute atomic E-state index is 13.7. The molecule has 2 N–H and O–H groups in total. The Morgan fingerprint density at radius 3 is 2.81 bits per heavy atom. The summed E-state index contributed by atoms with van der Waals surface area (Å²) in [5.74, 6) is 0.677. The lowest BCUT2D eigenvalue weighted by Gasteiger charge is -2.37. The van der Waals surface area contributed by atoms with Crippen molar-refractivity contribution in [3.63, 3.8) is 0 Å². The molecule has 26 heavy (non-hydrogen) atoms. The molecular weight excluding hydrogens is 333 g/mol. The van der Waals surface area contributed by atoms with E-state index in [4.69, 9.17) is 4.74 Å². The molecule has 2 atom stereocenters. The average molecular weight is 365 g/mol. The van der Waals surface area contributed by atoms with Gasteiger partial charge in [0.2, 0.25) is 0 Å². The zero-order valence-electron chi connectivity index (χ0n) is 16.3. The van der Waals surface area contributed by atoms with Gasteiger partial charge in [-0.25, -0.2) is 9.38 Å². The monoisotopic (exact) mass is 365 g/mol. The van der Waals surface area contributed by atoms with E-state index in [0.717, 1.165) is 38.7 Å². The molecule has 6 nitrogen and oxygen atoms in total.